The molecule has 0 bridgehead atoms. The number of nitrogen functional groups attached to an aromatic ring is 1. The summed E-state index contributed by atoms with van der Waals surface area (Å²) in [6, 6.07) is 17.3. The average Bonchev–Trinajstić information content (AvgIpc) is 3.71. The zero-order valence-electron chi connectivity index (χ0n) is 25.3. The second-order valence-electron chi connectivity index (χ2n) is 8.94. The van der Waals surface area contributed by atoms with Gasteiger partial charge in [-0.1, -0.05) is 45.0 Å². The molecule has 2 aromatic carbocycles. The van der Waals surface area contributed by atoms with Crippen LogP contribution < -0.4 is 5.73 Å². The number of H-pyrrole nitrogens is 1. The second-order valence-corrected chi connectivity index (χ2v) is 8.94. The number of nitro groups is 2. The molecule has 0 aliphatic rings. The van der Waals surface area contributed by atoms with E-state index in [1.54, 1.807) is 24.4 Å². The molecular weight excluding hydrogens is 594 g/mol. The van der Waals surface area contributed by atoms with E-state index in [-0.39, 0.29) is 11.4 Å². The first kappa shape index (κ1) is 35.7. The molecule has 46 heavy (non-hydrogen) atoms. The minimum absolute atomic E-state index is 0.000116. The van der Waals surface area contributed by atoms with Crippen LogP contribution in [0.3, 0.4) is 0 Å². The molecule has 0 aliphatic carbocycles. The van der Waals surface area contributed by atoms with Gasteiger partial charge in [0.15, 0.2) is 5.65 Å². The monoisotopic (exact) mass is 625 g/mol. The number of hydrogen-bond donors (Lipinski definition) is 2. The number of carbonyl (C=O) groups excluding carboxylic acids is 1. The number of rotatable bonds is 7. The van der Waals surface area contributed by atoms with Gasteiger partial charge in [0, 0.05) is 41.6 Å². The highest BCUT2D eigenvalue weighted by Gasteiger charge is 2.12. The summed E-state index contributed by atoms with van der Waals surface area (Å²) in [4.78, 5) is 36.6. The summed E-state index contributed by atoms with van der Waals surface area (Å²) in [6.45, 7) is 10.1. The molecule has 0 aliphatic heterocycles. The number of aromatic amines is 1. The summed E-state index contributed by atoms with van der Waals surface area (Å²) in [6.07, 6.45) is 4.93. The van der Waals surface area contributed by atoms with Crippen molar-refractivity contribution in [3.8, 4) is 23.4 Å². The van der Waals surface area contributed by atoms with Crippen LogP contribution in [0.1, 0.15) is 42.3 Å². The number of non-ortho nitro benzene ring substituents is 2. The molecule has 0 atom stereocenters. The van der Waals surface area contributed by atoms with Crippen molar-refractivity contribution in [2.24, 2.45) is 0 Å². The number of benzene rings is 2. The molecule has 3 aromatic heterocycles. The quantitative estimate of drug-likeness (QED) is 0.141. The van der Waals surface area contributed by atoms with Crippen molar-refractivity contribution in [1.82, 2.24) is 29.7 Å². The summed E-state index contributed by atoms with van der Waals surface area (Å²) >= 11 is 0. The molecule has 16 heteroatoms. The molecule has 16 nitrogen and oxygen atoms in total. The highest BCUT2D eigenvalue weighted by Crippen LogP contribution is 2.24. The van der Waals surface area contributed by atoms with Crippen LogP contribution in [0.4, 0.5) is 17.2 Å². The van der Waals surface area contributed by atoms with Crippen molar-refractivity contribution in [2.45, 2.75) is 20.8 Å². The third-order valence-electron chi connectivity index (χ3n) is 6.22. The van der Waals surface area contributed by atoms with E-state index in [9.17, 15) is 25.0 Å². The molecule has 0 unspecified atom stereocenters. The Labute approximate surface area is 263 Å². The Morgan fingerprint density at radius 3 is 2.02 bits per heavy atom. The highest BCUT2D eigenvalue weighted by molar-refractivity contribution is 5.75. The van der Waals surface area contributed by atoms with E-state index in [4.69, 9.17) is 16.3 Å². The molecule has 236 valence electrons. The highest BCUT2D eigenvalue weighted by atomic mass is 16.6. The van der Waals surface area contributed by atoms with E-state index in [0.717, 1.165) is 0 Å². The Bertz CT molecular complexity index is 1840. The molecule has 0 saturated carbocycles. The number of fused-ring (bicyclic) bond motifs is 1. The van der Waals surface area contributed by atoms with Crippen molar-refractivity contribution >= 4 is 29.1 Å². The lowest BCUT2D eigenvalue weighted by atomic mass is 10.1. The standard InChI is InChI=1S/C13H7N5O2.C7H5NO3.C6H15N.C4H4N4/c14-7-10-8-16-17-12(4-5-15-13(10)17)9-2-1-3-11(6-9)18(19)20;9-5-6-2-1-3-7(4-6)8(10)11;1-4-7(5-2)6-3;5-1-3-2-7-8-4(3)6/h1-6,8H;1-5H;4-6H2,1-3H3;2H,(H3,6,7,8). The van der Waals surface area contributed by atoms with Crippen LogP contribution >= 0.6 is 0 Å². The van der Waals surface area contributed by atoms with Crippen LogP contribution in [0, 0.1) is 42.9 Å². The Kier molecular flexibility index (Phi) is 14.1. The fourth-order valence-corrected chi connectivity index (χ4v) is 3.74. The third-order valence-corrected chi connectivity index (χ3v) is 6.22. The first-order chi connectivity index (χ1) is 22.1. The first-order valence-electron chi connectivity index (χ1n) is 13.7. The lowest BCUT2D eigenvalue weighted by Crippen LogP contribution is -2.21. The van der Waals surface area contributed by atoms with E-state index in [1.165, 1.54) is 72.9 Å². The number of nitro benzene ring substituents is 2. The zero-order chi connectivity index (χ0) is 34.1. The Hall–Kier alpha value is -6.52. The maximum Gasteiger partial charge on any atom is 0.270 e. The number of nitriles is 2. The van der Waals surface area contributed by atoms with Gasteiger partial charge in [-0.15, -0.1) is 0 Å². The normalized spacial score (nSPS) is 9.70. The third kappa shape index (κ3) is 10.0. The van der Waals surface area contributed by atoms with Gasteiger partial charge in [0.05, 0.1) is 27.9 Å². The van der Waals surface area contributed by atoms with Gasteiger partial charge in [-0.2, -0.15) is 20.7 Å². The van der Waals surface area contributed by atoms with Gasteiger partial charge < -0.3 is 10.6 Å². The summed E-state index contributed by atoms with van der Waals surface area (Å²) in [7, 11) is 0. The molecule has 5 rings (SSSR count). The fourth-order valence-electron chi connectivity index (χ4n) is 3.74. The van der Waals surface area contributed by atoms with Crippen LogP contribution in [-0.2, 0) is 0 Å². The maximum atomic E-state index is 10.8. The number of carbonyl (C=O) groups is 1. The Morgan fingerprint density at radius 1 is 0.935 bits per heavy atom. The van der Waals surface area contributed by atoms with Crippen LogP contribution in [0.2, 0.25) is 0 Å². The topological polar surface area (TPSA) is 239 Å². The van der Waals surface area contributed by atoms with Gasteiger partial charge in [0.2, 0.25) is 0 Å². The second kappa shape index (κ2) is 18.2. The van der Waals surface area contributed by atoms with Crippen LogP contribution in [0.5, 0.6) is 0 Å². The van der Waals surface area contributed by atoms with Gasteiger partial charge >= 0.3 is 0 Å². The van der Waals surface area contributed by atoms with Crippen molar-refractivity contribution in [1.29, 1.82) is 10.5 Å². The molecule has 3 heterocycles. The van der Waals surface area contributed by atoms with Crippen molar-refractivity contribution in [3.63, 3.8) is 0 Å². The van der Waals surface area contributed by atoms with E-state index < -0.39 is 9.85 Å². The smallest absolute Gasteiger partial charge is 0.270 e. The van der Waals surface area contributed by atoms with Crippen molar-refractivity contribution in [3.05, 3.63) is 110 Å². The maximum absolute atomic E-state index is 10.8. The number of anilines is 1. The minimum atomic E-state index is -0.535. The van der Waals surface area contributed by atoms with Gasteiger partial charge in [-0.25, -0.2) is 9.50 Å². The number of hydrogen-bond acceptors (Lipinski definition) is 12. The SMILES string of the molecule is CCN(CC)CC.N#Cc1cn[nH]c1N.N#Cc1cnn2c(-c3cccc([N+](=O)[O-])c3)ccnc12.O=Cc1cccc([N+](=O)[O-])c1. The number of aromatic nitrogens is 5. The fraction of sp³-hybridized carbons (Fsp3) is 0.200. The molecule has 5 aromatic rings. The summed E-state index contributed by atoms with van der Waals surface area (Å²) in [5, 5.41) is 48.2. The molecule has 0 fully saturated rings. The van der Waals surface area contributed by atoms with Gasteiger partial charge in [-0.3, -0.25) is 30.1 Å². The lowest BCUT2D eigenvalue weighted by Gasteiger charge is -2.13. The number of aldehydes is 1. The van der Waals surface area contributed by atoms with E-state index in [0.29, 0.717) is 45.7 Å². The van der Waals surface area contributed by atoms with Crippen LogP contribution in [0.25, 0.3) is 16.9 Å². The summed E-state index contributed by atoms with van der Waals surface area (Å²) in [5.41, 5.74) is 7.93. The van der Waals surface area contributed by atoms with E-state index >= 15 is 0 Å². The zero-order valence-corrected chi connectivity index (χ0v) is 25.3. The van der Waals surface area contributed by atoms with Crippen molar-refractivity contribution in [2.75, 3.05) is 25.4 Å². The lowest BCUT2D eigenvalue weighted by molar-refractivity contribution is -0.385. The predicted molar refractivity (Wildman–Crippen MR) is 169 cm³/mol. The molecular formula is C30H31N11O5. The predicted octanol–water partition coefficient (Wildman–Crippen LogP) is 4.80. The molecule has 0 amide bonds. The van der Waals surface area contributed by atoms with Gasteiger partial charge in [0.1, 0.15) is 35.4 Å². The summed E-state index contributed by atoms with van der Waals surface area (Å²) in [5.74, 6) is 0.326. The average molecular weight is 626 g/mol. The molecule has 3 N–H and O–H groups in total. The van der Waals surface area contributed by atoms with Gasteiger partial charge in [-0.05, 0) is 25.7 Å². The van der Waals surface area contributed by atoms with Gasteiger partial charge in [0.25, 0.3) is 11.4 Å². The van der Waals surface area contributed by atoms with Crippen LogP contribution in [0.15, 0.2) is 73.2 Å². The minimum Gasteiger partial charge on any atom is -0.383 e. The number of nitrogens with zero attached hydrogens (tertiary/aromatic N) is 9. The van der Waals surface area contributed by atoms with E-state index in [1.807, 2.05) is 12.1 Å². The van der Waals surface area contributed by atoms with E-state index in [2.05, 4.69) is 46.0 Å². The number of nitrogens with one attached hydrogen (secondary N) is 1. The molecule has 0 saturated heterocycles. The molecule has 0 radical (unpaired) electrons. The largest absolute Gasteiger partial charge is 0.383 e. The summed E-state index contributed by atoms with van der Waals surface area (Å²) < 4.78 is 1.50. The number of nitrogens with two attached hydrogens (primary N) is 1. The Morgan fingerprint density at radius 2 is 1.54 bits per heavy atom. The van der Waals surface area contributed by atoms with Crippen molar-refractivity contribution < 1.29 is 14.6 Å². The Balaban J connectivity index is 0.000000239. The van der Waals surface area contributed by atoms with Crippen LogP contribution in [-0.4, -0.2) is 65.5 Å². The first-order valence-corrected chi connectivity index (χ1v) is 13.7. The molecule has 0 spiro atoms.